The Morgan fingerprint density at radius 3 is 3.00 bits per heavy atom. The molecule has 0 aliphatic heterocycles. The molecule has 2 aromatic rings. The Hall–Kier alpha value is -1.74. The Balaban J connectivity index is 2.25. The zero-order valence-corrected chi connectivity index (χ0v) is 10.9. The molecule has 2 aromatic heterocycles. The third kappa shape index (κ3) is 2.57. The maximum atomic E-state index is 11.3. The second kappa shape index (κ2) is 5.27. The predicted molar refractivity (Wildman–Crippen MR) is 71.5 cm³/mol. The zero-order valence-electron chi connectivity index (χ0n) is 10.1. The summed E-state index contributed by atoms with van der Waals surface area (Å²) in [5.41, 5.74) is 2.98. The highest BCUT2D eigenvalue weighted by Crippen LogP contribution is 2.19. The number of aromatic amines is 1. The van der Waals surface area contributed by atoms with Crippen LogP contribution in [0.15, 0.2) is 6.20 Å². The summed E-state index contributed by atoms with van der Waals surface area (Å²) in [5.74, 6) is 6.20. The molecule has 0 aromatic carbocycles. The van der Waals surface area contributed by atoms with E-state index in [1.807, 2.05) is 6.92 Å². The van der Waals surface area contributed by atoms with E-state index in [0.717, 1.165) is 5.39 Å². The number of nitrogens with one attached hydrogen (secondary N) is 3. The van der Waals surface area contributed by atoms with Crippen molar-refractivity contribution in [1.82, 2.24) is 20.2 Å². The molecule has 9 heteroatoms. The number of hydrogen-bond acceptors (Lipinski definition) is 7. The van der Waals surface area contributed by atoms with Crippen molar-refractivity contribution in [3.63, 3.8) is 0 Å². The summed E-state index contributed by atoms with van der Waals surface area (Å²) in [5, 5.41) is 10.6. The van der Waals surface area contributed by atoms with E-state index in [1.165, 1.54) is 0 Å². The normalized spacial score (nSPS) is 14.4. The minimum Gasteiger partial charge on any atom is -0.368 e. The van der Waals surface area contributed by atoms with E-state index in [0.29, 0.717) is 24.0 Å². The lowest BCUT2D eigenvalue weighted by Crippen LogP contribution is -2.21. The van der Waals surface area contributed by atoms with Gasteiger partial charge in [0, 0.05) is 28.9 Å². The van der Waals surface area contributed by atoms with Crippen molar-refractivity contribution < 1.29 is 4.21 Å². The van der Waals surface area contributed by atoms with Gasteiger partial charge < -0.3 is 5.32 Å². The second-order valence-corrected chi connectivity index (χ2v) is 5.66. The third-order valence-electron chi connectivity index (χ3n) is 2.56. The molecule has 0 radical (unpaired) electrons. The first-order valence-corrected chi connectivity index (χ1v) is 6.97. The van der Waals surface area contributed by atoms with Crippen molar-refractivity contribution in [1.29, 1.82) is 0 Å². The zero-order chi connectivity index (χ0) is 13.1. The van der Waals surface area contributed by atoms with E-state index in [1.54, 1.807) is 12.5 Å². The lowest BCUT2D eigenvalue weighted by atomic mass is 10.3. The van der Waals surface area contributed by atoms with Gasteiger partial charge in [0.1, 0.15) is 5.82 Å². The van der Waals surface area contributed by atoms with Gasteiger partial charge in [-0.15, -0.1) is 0 Å². The molecule has 0 amide bonds. The summed E-state index contributed by atoms with van der Waals surface area (Å²) < 4.78 is 11.3. The standard InChI is InChI=1S/C9H15N7OS/c1-5(18(2)17)3-11-7-6-4-12-16-8(6)14-9(13-7)15-10/h4-5H,3,10H2,1-2H3,(H3,11,12,13,14,15,16). The number of H-pyrrole nitrogens is 1. The first-order chi connectivity index (χ1) is 8.61. The van der Waals surface area contributed by atoms with E-state index in [9.17, 15) is 4.21 Å². The minimum atomic E-state index is -0.885. The van der Waals surface area contributed by atoms with Gasteiger partial charge >= 0.3 is 0 Å². The van der Waals surface area contributed by atoms with Crippen LogP contribution >= 0.6 is 0 Å². The number of fused-ring (bicyclic) bond motifs is 1. The Bertz CT molecular complexity index is 569. The number of anilines is 2. The van der Waals surface area contributed by atoms with Crippen LogP contribution in [0.3, 0.4) is 0 Å². The summed E-state index contributed by atoms with van der Waals surface area (Å²) in [6.45, 7) is 2.45. The highest BCUT2D eigenvalue weighted by Gasteiger charge is 2.11. The smallest absolute Gasteiger partial charge is 0.241 e. The summed E-state index contributed by atoms with van der Waals surface area (Å²) in [4.78, 5) is 8.32. The van der Waals surface area contributed by atoms with Gasteiger partial charge in [0.25, 0.3) is 0 Å². The van der Waals surface area contributed by atoms with Crippen LogP contribution in [0.2, 0.25) is 0 Å². The molecule has 0 fully saturated rings. The predicted octanol–water partition coefficient (Wildman–Crippen LogP) is -0.183. The number of nitrogens with two attached hydrogens (primary N) is 1. The van der Waals surface area contributed by atoms with Gasteiger partial charge in [-0.05, 0) is 6.92 Å². The summed E-state index contributed by atoms with van der Waals surface area (Å²) in [6.07, 6.45) is 3.30. The molecule has 2 unspecified atom stereocenters. The Morgan fingerprint density at radius 1 is 1.56 bits per heavy atom. The van der Waals surface area contributed by atoms with Crippen molar-refractivity contribution >= 4 is 33.6 Å². The molecule has 2 rings (SSSR count). The van der Waals surface area contributed by atoms with E-state index in [4.69, 9.17) is 5.84 Å². The molecule has 2 atom stereocenters. The quantitative estimate of drug-likeness (QED) is 0.438. The molecule has 18 heavy (non-hydrogen) atoms. The van der Waals surface area contributed by atoms with Crippen molar-refractivity contribution in [2.45, 2.75) is 12.2 Å². The maximum Gasteiger partial charge on any atom is 0.241 e. The molecule has 0 bridgehead atoms. The number of aromatic nitrogens is 4. The molecule has 98 valence electrons. The van der Waals surface area contributed by atoms with E-state index in [-0.39, 0.29) is 5.25 Å². The van der Waals surface area contributed by atoms with Crippen molar-refractivity contribution in [3.05, 3.63) is 6.20 Å². The van der Waals surface area contributed by atoms with Gasteiger partial charge in [-0.2, -0.15) is 15.1 Å². The van der Waals surface area contributed by atoms with Gasteiger partial charge in [0.15, 0.2) is 5.65 Å². The van der Waals surface area contributed by atoms with Gasteiger partial charge in [-0.25, -0.2) is 5.84 Å². The van der Waals surface area contributed by atoms with Crippen molar-refractivity contribution in [2.75, 3.05) is 23.5 Å². The topological polar surface area (TPSA) is 122 Å². The number of nitrogens with zero attached hydrogens (tertiary/aromatic N) is 3. The maximum absolute atomic E-state index is 11.3. The van der Waals surface area contributed by atoms with E-state index < -0.39 is 10.8 Å². The van der Waals surface area contributed by atoms with Crippen LogP contribution in [0.4, 0.5) is 11.8 Å². The van der Waals surface area contributed by atoms with Gasteiger partial charge in [0.05, 0.1) is 11.6 Å². The second-order valence-electron chi connectivity index (χ2n) is 3.86. The summed E-state index contributed by atoms with van der Waals surface area (Å²) in [6, 6.07) is 0. The molecule has 0 saturated heterocycles. The number of hydrogen-bond donors (Lipinski definition) is 4. The van der Waals surface area contributed by atoms with Gasteiger partial charge in [-0.1, -0.05) is 0 Å². The van der Waals surface area contributed by atoms with Crippen molar-refractivity contribution in [3.8, 4) is 0 Å². The van der Waals surface area contributed by atoms with Crippen LogP contribution in [0.5, 0.6) is 0 Å². The largest absolute Gasteiger partial charge is 0.368 e. The van der Waals surface area contributed by atoms with Crippen LogP contribution < -0.4 is 16.6 Å². The monoisotopic (exact) mass is 269 g/mol. The number of hydrazine groups is 1. The van der Waals surface area contributed by atoms with Crippen LogP contribution in [0.25, 0.3) is 11.0 Å². The number of rotatable bonds is 5. The lowest BCUT2D eigenvalue weighted by molar-refractivity contribution is 0.679. The summed E-state index contributed by atoms with van der Waals surface area (Å²) in [7, 11) is -0.885. The average molecular weight is 269 g/mol. The minimum absolute atomic E-state index is 0.0243. The fourth-order valence-corrected chi connectivity index (χ4v) is 1.71. The van der Waals surface area contributed by atoms with Gasteiger partial charge in [-0.3, -0.25) is 14.7 Å². The van der Waals surface area contributed by atoms with Crippen LogP contribution in [0.1, 0.15) is 6.92 Å². The SMILES string of the molecule is CC(CNc1nc(NN)nc2[nH]ncc12)S(C)=O. The molecule has 0 aliphatic carbocycles. The van der Waals surface area contributed by atoms with Gasteiger partial charge in [0.2, 0.25) is 5.95 Å². The van der Waals surface area contributed by atoms with E-state index >= 15 is 0 Å². The summed E-state index contributed by atoms with van der Waals surface area (Å²) >= 11 is 0. The molecule has 2 heterocycles. The molecule has 0 saturated carbocycles. The molecular formula is C9H15N7OS. The fraction of sp³-hybridized carbons (Fsp3) is 0.444. The first-order valence-electron chi connectivity index (χ1n) is 5.35. The Morgan fingerprint density at radius 2 is 2.33 bits per heavy atom. The Kier molecular flexibility index (Phi) is 3.72. The number of nitrogen functional groups attached to an aromatic ring is 1. The molecular weight excluding hydrogens is 254 g/mol. The fourth-order valence-electron chi connectivity index (χ4n) is 1.39. The Labute approximate surface area is 106 Å². The van der Waals surface area contributed by atoms with E-state index in [2.05, 4.69) is 30.9 Å². The van der Waals surface area contributed by atoms with Crippen LogP contribution in [0, 0.1) is 0 Å². The third-order valence-corrected chi connectivity index (χ3v) is 3.86. The molecule has 8 nitrogen and oxygen atoms in total. The van der Waals surface area contributed by atoms with Crippen LogP contribution in [-0.2, 0) is 10.8 Å². The molecule has 0 aliphatic rings. The molecule has 5 N–H and O–H groups in total. The molecule has 0 spiro atoms. The lowest BCUT2D eigenvalue weighted by Gasteiger charge is -2.11. The average Bonchev–Trinajstić information content (AvgIpc) is 2.83. The van der Waals surface area contributed by atoms with Crippen LogP contribution in [-0.4, -0.2) is 42.4 Å². The highest BCUT2D eigenvalue weighted by molar-refractivity contribution is 7.84. The highest BCUT2D eigenvalue weighted by atomic mass is 32.2. The first kappa shape index (κ1) is 12.7. The van der Waals surface area contributed by atoms with Crippen molar-refractivity contribution in [2.24, 2.45) is 5.84 Å².